The molecule has 0 heterocycles. The van der Waals surface area contributed by atoms with Crippen LogP contribution in [0.4, 0.5) is 5.69 Å². The van der Waals surface area contributed by atoms with Gasteiger partial charge in [-0.2, -0.15) is 0 Å². The molecule has 0 aliphatic heterocycles. The molecule has 1 aromatic rings. The maximum atomic E-state index is 3.98. The van der Waals surface area contributed by atoms with Crippen LogP contribution in [0.3, 0.4) is 0 Å². The second-order valence-corrected chi connectivity index (χ2v) is 3.02. The summed E-state index contributed by atoms with van der Waals surface area (Å²) in [5.74, 6) is 0. The number of rotatable bonds is 1. The number of benzene rings is 1. The van der Waals surface area contributed by atoms with Crippen molar-refractivity contribution in [3.63, 3.8) is 0 Å². The zero-order valence-corrected chi connectivity index (χ0v) is 6.54. The van der Waals surface area contributed by atoms with Crippen LogP contribution in [0.25, 0.3) is 0 Å². The summed E-state index contributed by atoms with van der Waals surface area (Å²) in [5.41, 5.74) is 1.22. The summed E-state index contributed by atoms with van der Waals surface area (Å²) in [7, 11) is 8.08. The van der Waals surface area contributed by atoms with Gasteiger partial charge in [-0.3, -0.25) is 0 Å². The first-order valence-electron chi connectivity index (χ1n) is 3.34. The van der Waals surface area contributed by atoms with E-state index in [1.54, 1.807) is 0 Å². The largest absolute Gasteiger partial charge is 0.429 e. The van der Waals surface area contributed by atoms with Crippen molar-refractivity contribution in [2.24, 2.45) is 0 Å². The molecule has 0 aromatic heterocycles. The van der Waals surface area contributed by atoms with Gasteiger partial charge in [-0.25, -0.2) is 0 Å². The van der Waals surface area contributed by atoms with E-state index in [1.165, 1.54) is 5.69 Å². The molecule has 0 radical (unpaired) electrons. The fourth-order valence-corrected chi connectivity index (χ4v) is 0.832. The molecule has 0 saturated carbocycles. The molecule has 1 heteroatoms. The minimum atomic E-state index is 0.640. The molecular formula is C9H13N. The van der Waals surface area contributed by atoms with E-state index in [0.29, 0.717) is 4.48 Å². The van der Waals surface area contributed by atoms with E-state index in [0.717, 1.165) is 0 Å². The summed E-state index contributed by atoms with van der Waals surface area (Å²) in [6, 6.07) is 10.2. The van der Waals surface area contributed by atoms with Crippen molar-refractivity contribution in [2.75, 3.05) is 14.1 Å². The van der Waals surface area contributed by atoms with Gasteiger partial charge in [-0.1, -0.05) is 18.2 Å². The van der Waals surface area contributed by atoms with E-state index < -0.39 is 0 Å². The minimum absolute atomic E-state index is 0.640. The lowest BCUT2D eigenvalue weighted by atomic mass is 10.3. The molecule has 0 aliphatic carbocycles. The van der Waals surface area contributed by atoms with Crippen molar-refractivity contribution in [1.82, 2.24) is 4.48 Å². The van der Waals surface area contributed by atoms with Crippen LogP contribution in [0.15, 0.2) is 30.3 Å². The molecule has 1 rings (SSSR count). The first-order chi connectivity index (χ1) is 4.61. The van der Waals surface area contributed by atoms with E-state index in [2.05, 4.69) is 33.3 Å². The van der Waals surface area contributed by atoms with Gasteiger partial charge in [-0.15, -0.1) is 7.05 Å². The van der Waals surface area contributed by atoms with Gasteiger partial charge < -0.3 is 4.48 Å². The Kier molecular flexibility index (Phi) is 1.77. The highest BCUT2D eigenvalue weighted by Gasteiger charge is 2.02. The summed E-state index contributed by atoms with van der Waals surface area (Å²) in [5, 5.41) is 0. The molecular weight excluding hydrogens is 122 g/mol. The number of para-hydroxylation sites is 1. The maximum Gasteiger partial charge on any atom is 0.106 e. The lowest BCUT2D eigenvalue weighted by molar-refractivity contribution is 0.533. The first-order valence-corrected chi connectivity index (χ1v) is 3.34. The molecule has 10 heavy (non-hydrogen) atoms. The fraction of sp³-hybridized carbons (Fsp3) is 0.222. The van der Waals surface area contributed by atoms with Gasteiger partial charge in [0.2, 0.25) is 0 Å². The zero-order chi connectivity index (χ0) is 7.61. The topological polar surface area (TPSA) is 0 Å². The van der Waals surface area contributed by atoms with Crippen molar-refractivity contribution < 1.29 is 0 Å². The molecule has 0 spiro atoms. The normalized spacial score (nSPS) is 11.5. The lowest BCUT2D eigenvalue weighted by Crippen LogP contribution is -2.31. The molecule has 0 amide bonds. The molecule has 0 N–H and O–H groups in total. The number of quaternary nitrogens is 1. The van der Waals surface area contributed by atoms with Gasteiger partial charge in [0, 0.05) is 14.1 Å². The Hall–Kier alpha value is -0.820. The van der Waals surface area contributed by atoms with Gasteiger partial charge in [0.1, 0.15) is 5.69 Å². The van der Waals surface area contributed by atoms with Crippen molar-refractivity contribution in [3.05, 3.63) is 37.4 Å². The Balaban J connectivity index is 2.97. The van der Waals surface area contributed by atoms with Crippen LogP contribution in [-0.2, 0) is 0 Å². The van der Waals surface area contributed by atoms with Crippen molar-refractivity contribution in [3.8, 4) is 0 Å². The van der Waals surface area contributed by atoms with Crippen molar-refractivity contribution in [1.29, 1.82) is 0 Å². The van der Waals surface area contributed by atoms with Crippen LogP contribution in [-0.4, -0.2) is 14.1 Å². The van der Waals surface area contributed by atoms with Crippen LogP contribution in [0, 0.1) is 7.05 Å². The molecule has 1 aromatic carbocycles. The highest BCUT2D eigenvalue weighted by Crippen LogP contribution is 2.15. The number of nitrogens with zero attached hydrogens (tertiary/aromatic N) is 1. The summed E-state index contributed by atoms with van der Waals surface area (Å²) in [6.07, 6.45) is 0. The van der Waals surface area contributed by atoms with E-state index >= 15 is 0 Å². The second-order valence-electron chi connectivity index (χ2n) is 3.02. The third-order valence-corrected chi connectivity index (χ3v) is 1.46. The Morgan fingerprint density at radius 1 is 1.10 bits per heavy atom. The lowest BCUT2D eigenvalue weighted by Gasteiger charge is -2.31. The van der Waals surface area contributed by atoms with Crippen LogP contribution in [0.5, 0.6) is 0 Å². The van der Waals surface area contributed by atoms with Gasteiger partial charge in [-0.05, 0) is 12.1 Å². The molecule has 1 nitrogen and oxygen atoms in total. The van der Waals surface area contributed by atoms with Crippen LogP contribution >= 0.6 is 0 Å². The van der Waals surface area contributed by atoms with Gasteiger partial charge in [0.05, 0.1) is 0 Å². The average Bonchev–Trinajstić information content (AvgIpc) is 1.88. The summed E-state index contributed by atoms with van der Waals surface area (Å²) < 4.78 is 0.640. The third-order valence-electron chi connectivity index (χ3n) is 1.46. The molecule has 0 unspecified atom stereocenters. The monoisotopic (exact) mass is 135 g/mol. The molecule has 54 valence electrons. The minimum Gasteiger partial charge on any atom is -0.429 e. The highest BCUT2D eigenvalue weighted by atomic mass is 15.3. The SMILES string of the molecule is [CH2-][N+](C)(C)c1ccccc1. The van der Waals surface area contributed by atoms with Gasteiger partial charge in [0.15, 0.2) is 0 Å². The van der Waals surface area contributed by atoms with E-state index in [-0.39, 0.29) is 0 Å². The Bertz CT molecular complexity index is 196. The van der Waals surface area contributed by atoms with E-state index in [9.17, 15) is 0 Å². The summed E-state index contributed by atoms with van der Waals surface area (Å²) in [6.45, 7) is 0. The number of hydrogen-bond donors (Lipinski definition) is 0. The predicted molar refractivity (Wildman–Crippen MR) is 45.4 cm³/mol. The highest BCUT2D eigenvalue weighted by molar-refractivity contribution is 5.41. The summed E-state index contributed by atoms with van der Waals surface area (Å²) in [4.78, 5) is 0. The zero-order valence-electron chi connectivity index (χ0n) is 6.54. The van der Waals surface area contributed by atoms with Gasteiger partial charge in [0.25, 0.3) is 0 Å². The van der Waals surface area contributed by atoms with E-state index in [4.69, 9.17) is 0 Å². The quantitative estimate of drug-likeness (QED) is 0.408. The van der Waals surface area contributed by atoms with Crippen LogP contribution in [0.1, 0.15) is 0 Å². The maximum absolute atomic E-state index is 3.98. The molecule has 0 aliphatic rings. The Morgan fingerprint density at radius 3 is 1.90 bits per heavy atom. The Labute approximate surface area is 62.5 Å². The standard InChI is InChI=1S/C9H13N/c1-10(2,3)9-7-5-4-6-8-9/h4-8H,1H2,2-3H3. The van der Waals surface area contributed by atoms with Gasteiger partial charge >= 0.3 is 0 Å². The molecule has 0 bridgehead atoms. The predicted octanol–water partition coefficient (Wildman–Crippen LogP) is 2.05. The second kappa shape index (κ2) is 2.43. The van der Waals surface area contributed by atoms with E-state index in [1.807, 2.05) is 18.2 Å². The van der Waals surface area contributed by atoms with Crippen LogP contribution < -0.4 is 4.48 Å². The molecule has 0 fully saturated rings. The average molecular weight is 135 g/mol. The Morgan fingerprint density at radius 2 is 1.60 bits per heavy atom. The van der Waals surface area contributed by atoms with Crippen molar-refractivity contribution in [2.45, 2.75) is 0 Å². The fourth-order valence-electron chi connectivity index (χ4n) is 0.832. The molecule has 0 saturated heterocycles. The summed E-state index contributed by atoms with van der Waals surface area (Å²) >= 11 is 0. The smallest absolute Gasteiger partial charge is 0.106 e. The van der Waals surface area contributed by atoms with Crippen molar-refractivity contribution >= 4 is 5.69 Å². The first kappa shape index (κ1) is 7.29. The van der Waals surface area contributed by atoms with Crippen LogP contribution in [0.2, 0.25) is 0 Å². The molecule has 0 atom stereocenters. The number of hydrogen-bond acceptors (Lipinski definition) is 0. The third kappa shape index (κ3) is 1.58.